The van der Waals surface area contributed by atoms with Crippen LogP contribution in [0.1, 0.15) is 36.8 Å². The standard InChI is InChI=1S/C24H30N3O6P/c28-23-21(13-7-15-26-16-8-14-22(24(29)30)27(23)26)25-34(31,32-17-19-9-3-1-4-10-19)33-18-20-11-5-2-6-12-20/h1-6,9-12,21-22H,7-8,13-18H2,(H,25,31)(H,29,30)/t21-,22-/m0/s1. The number of carboxylic acids is 1. The van der Waals surface area contributed by atoms with Gasteiger partial charge in [0.25, 0.3) is 5.91 Å². The van der Waals surface area contributed by atoms with E-state index in [4.69, 9.17) is 9.05 Å². The zero-order valence-electron chi connectivity index (χ0n) is 18.9. The Morgan fingerprint density at radius 1 is 0.941 bits per heavy atom. The van der Waals surface area contributed by atoms with Crippen molar-refractivity contribution in [2.45, 2.75) is 51.0 Å². The van der Waals surface area contributed by atoms with E-state index >= 15 is 0 Å². The predicted molar refractivity (Wildman–Crippen MR) is 125 cm³/mol. The summed E-state index contributed by atoms with van der Waals surface area (Å²) in [4.78, 5) is 25.3. The molecule has 1 amide bonds. The quantitative estimate of drug-likeness (QED) is 0.517. The van der Waals surface area contributed by atoms with Gasteiger partial charge in [0.1, 0.15) is 6.04 Å². The van der Waals surface area contributed by atoms with Crippen LogP contribution >= 0.6 is 7.75 Å². The maximum absolute atomic E-state index is 13.8. The Kier molecular flexibility index (Phi) is 8.13. The van der Waals surface area contributed by atoms with E-state index in [1.54, 1.807) is 5.01 Å². The molecule has 0 unspecified atom stereocenters. The molecule has 2 aromatic carbocycles. The zero-order valence-corrected chi connectivity index (χ0v) is 19.8. The number of aliphatic carboxylic acids is 1. The smallest absolute Gasteiger partial charge is 0.406 e. The number of hydrazine groups is 1. The summed E-state index contributed by atoms with van der Waals surface area (Å²) in [5.74, 6) is -1.46. The number of carbonyl (C=O) groups is 2. The van der Waals surface area contributed by atoms with Crippen LogP contribution in [-0.4, -0.2) is 52.2 Å². The van der Waals surface area contributed by atoms with Crippen LogP contribution in [0.15, 0.2) is 60.7 Å². The number of benzene rings is 2. The monoisotopic (exact) mass is 487 g/mol. The van der Waals surface area contributed by atoms with Crippen LogP contribution in [-0.2, 0) is 36.4 Å². The minimum Gasteiger partial charge on any atom is -0.480 e. The third kappa shape index (κ3) is 6.11. The van der Waals surface area contributed by atoms with Crippen LogP contribution in [0.4, 0.5) is 0 Å². The average molecular weight is 487 g/mol. The van der Waals surface area contributed by atoms with Gasteiger partial charge in [-0.25, -0.2) is 19.5 Å². The summed E-state index contributed by atoms with van der Waals surface area (Å²) in [6, 6.07) is 16.7. The molecule has 2 aromatic rings. The van der Waals surface area contributed by atoms with Crippen molar-refractivity contribution < 1.29 is 28.3 Å². The summed E-state index contributed by atoms with van der Waals surface area (Å²) >= 11 is 0. The van der Waals surface area contributed by atoms with Gasteiger partial charge in [-0.1, -0.05) is 60.7 Å². The lowest BCUT2D eigenvalue weighted by Gasteiger charge is -2.42. The third-order valence-electron chi connectivity index (χ3n) is 6.01. The number of fused-ring (bicyclic) bond motifs is 1. The van der Waals surface area contributed by atoms with Crippen LogP contribution in [0.2, 0.25) is 0 Å². The Morgan fingerprint density at radius 3 is 2.00 bits per heavy atom. The molecular weight excluding hydrogens is 457 g/mol. The highest BCUT2D eigenvalue weighted by Gasteiger charge is 2.43. The van der Waals surface area contributed by atoms with E-state index in [1.165, 1.54) is 5.01 Å². The molecule has 0 bridgehead atoms. The Morgan fingerprint density at radius 2 is 1.47 bits per heavy atom. The fourth-order valence-electron chi connectivity index (χ4n) is 4.29. The first kappa shape index (κ1) is 24.6. The second-order valence-electron chi connectivity index (χ2n) is 8.47. The van der Waals surface area contributed by atoms with Crippen molar-refractivity contribution in [3.05, 3.63) is 71.8 Å². The van der Waals surface area contributed by atoms with Crippen molar-refractivity contribution in [2.75, 3.05) is 13.1 Å². The lowest BCUT2D eigenvalue weighted by molar-refractivity contribution is -0.174. The largest absolute Gasteiger partial charge is 0.480 e. The lowest BCUT2D eigenvalue weighted by Crippen LogP contribution is -2.60. The van der Waals surface area contributed by atoms with E-state index in [9.17, 15) is 19.3 Å². The first-order chi connectivity index (χ1) is 16.5. The first-order valence-corrected chi connectivity index (χ1v) is 13.0. The molecule has 0 aliphatic carbocycles. The molecule has 182 valence electrons. The minimum atomic E-state index is -3.93. The van der Waals surface area contributed by atoms with Crippen LogP contribution < -0.4 is 5.09 Å². The number of carboxylic acid groups (broad SMARTS) is 1. The summed E-state index contributed by atoms with van der Waals surface area (Å²) in [7, 11) is -3.93. The fraction of sp³-hybridized carbons (Fsp3) is 0.417. The summed E-state index contributed by atoms with van der Waals surface area (Å²) in [6.07, 6.45) is 2.13. The number of nitrogens with one attached hydrogen (secondary N) is 1. The highest BCUT2D eigenvalue weighted by molar-refractivity contribution is 7.51. The second kappa shape index (κ2) is 11.3. The minimum absolute atomic E-state index is 0.0361. The van der Waals surface area contributed by atoms with E-state index in [-0.39, 0.29) is 13.2 Å². The summed E-state index contributed by atoms with van der Waals surface area (Å²) in [6.45, 7) is 1.26. The van der Waals surface area contributed by atoms with E-state index < -0.39 is 31.7 Å². The maximum Gasteiger partial charge on any atom is 0.406 e. The fourth-order valence-corrected chi connectivity index (χ4v) is 5.77. The Labute approximate surface area is 199 Å². The topological polar surface area (TPSA) is 108 Å². The van der Waals surface area contributed by atoms with Gasteiger partial charge in [0.2, 0.25) is 0 Å². The number of amides is 1. The molecule has 34 heavy (non-hydrogen) atoms. The molecule has 0 radical (unpaired) electrons. The van der Waals surface area contributed by atoms with Gasteiger partial charge in [0.15, 0.2) is 0 Å². The maximum atomic E-state index is 13.8. The highest BCUT2D eigenvalue weighted by Crippen LogP contribution is 2.47. The molecule has 0 spiro atoms. The van der Waals surface area contributed by atoms with Gasteiger partial charge in [-0.15, -0.1) is 0 Å². The SMILES string of the molecule is O=C(O)[C@@H]1CCCN2CCC[C@H](NP(=O)(OCc3ccccc3)OCc3ccccc3)C(=O)N12. The number of rotatable bonds is 9. The Bertz CT molecular complexity index is 974. The number of hydrogen-bond acceptors (Lipinski definition) is 6. The molecule has 2 saturated heterocycles. The molecule has 10 heteroatoms. The van der Waals surface area contributed by atoms with Crippen molar-refractivity contribution in [3.63, 3.8) is 0 Å². The second-order valence-corrected chi connectivity index (χ2v) is 10.2. The highest BCUT2D eigenvalue weighted by atomic mass is 31.2. The Hall–Kier alpha value is -2.55. The molecular formula is C24H30N3O6P. The lowest BCUT2D eigenvalue weighted by atomic mass is 10.1. The average Bonchev–Trinajstić information content (AvgIpc) is 3.01. The van der Waals surface area contributed by atoms with Gasteiger partial charge in [-0.2, -0.15) is 0 Å². The molecule has 2 heterocycles. The third-order valence-corrected chi connectivity index (χ3v) is 7.58. The normalized spacial score (nSPS) is 21.6. The van der Waals surface area contributed by atoms with Gasteiger partial charge in [0, 0.05) is 13.1 Å². The van der Waals surface area contributed by atoms with Crippen molar-refractivity contribution in [1.82, 2.24) is 15.1 Å². The zero-order chi connectivity index (χ0) is 24.0. The molecule has 2 N–H and O–H groups in total. The van der Waals surface area contributed by atoms with Crippen molar-refractivity contribution in [1.29, 1.82) is 0 Å². The van der Waals surface area contributed by atoms with E-state index in [2.05, 4.69) is 5.09 Å². The van der Waals surface area contributed by atoms with Crippen LogP contribution in [0.3, 0.4) is 0 Å². The summed E-state index contributed by atoms with van der Waals surface area (Å²) < 4.78 is 25.3. The van der Waals surface area contributed by atoms with E-state index in [0.29, 0.717) is 38.8 Å². The van der Waals surface area contributed by atoms with Crippen molar-refractivity contribution in [3.8, 4) is 0 Å². The van der Waals surface area contributed by atoms with Crippen LogP contribution in [0, 0.1) is 0 Å². The predicted octanol–water partition coefficient (Wildman–Crippen LogP) is 3.57. The number of nitrogens with zero attached hydrogens (tertiary/aromatic N) is 2. The molecule has 2 aliphatic rings. The van der Waals surface area contributed by atoms with Gasteiger partial charge in [-0.3, -0.25) is 18.9 Å². The van der Waals surface area contributed by atoms with E-state index in [1.807, 2.05) is 60.7 Å². The molecule has 4 rings (SSSR count). The van der Waals surface area contributed by atoms with Crippen molar-refractivity contribution >= 4 is 19.6 Å². The van der Waals surface area contributed by atoms with Gasteiger partial charge < -0.3 is 5.11 Å². The molecule has 0 aromatic heterocycles. The molecule has 2 fully saturated rings. The molecule has 2 atom stereocenters. The van der Waals surface area contributed by atoms with E-state index in [0.717, 1.165) is 11.1 Å². The van der Waals surface area contributed by atoms with Crippen LogP contribution in [0.25, 0.3) is 0 Å². The summed E-state index contributed by atoms with van der Waals surface area (Å²) in [5.41, 5.74) is 1.63. The first-order valence-electron chi connectivity index (χ1n) is 11.5. The Balaban J connectivity index is 1.53. The van der Waals surface area contributed by atoms with Gasteiger partial charge in [0.05, 0.1) is 19.3 Å². The van der Waals surface area contributed by atoms with Crippen LogP contribution in [0.5, 0.6) is 0 Å². The summed E-state index contributed by atoms with van der Waals surface area (Å²) in [5, 5.41) is 15.7. The van der Waals surface area contributed by atoms with Gasteiger partial charge in [-0.05, 0) is 36.8 Å². The number of hydrogen-bond donors (Lipinski definition) is 2. The molecule has 9 nitrogen and oxygen atoms in total. The molecule has 0 saturated carbocycles. The molecule has 2 aliphatic heterocycles. The van der Waals surface area contributed by atoms with Gasteiger partial charge >= 0.3 is 13.7 Å². The number of carbonyl (C=O) groups excluding carboxylic acids is 1. The van der Waals surface area contributed by atoms with Crippen molar-refractivity contribution in [2.24, 2.45) is 0 Å².